The summed E-state index contributed by atoms with van der Waals surface area (Å²) in [6.45, 7) is 4.83. The maximum absolute atomic E-state index is 11.8. The Morgan fingerprint density at radius 2 is 1.95 bits per heavy atom. The molecule has 0 saturated heterocycles. The maximum Gasteiger partial charge on any atom is 0.223 e. The zero-order valence-electron chi connectivity index (χ0n) is 12.9. The van der Waals surface area contributed by atoms with Gasteiger partial charge in [-0.15, -0.1) is 0 Å². The first-order valence-corrected chi connectivity index (χ1v) is 7.64. The predicted octanol–water partition coefficient (Wildman–Crippen LogP) is 4.04. The molecule has 2 rings (SSSR count). The highest BCUT2D eigenvalue weighted by molar-refractivity contribution is 6.31. The van der Waals surface area contributed by atoms with E-state index >= 15 is 0 Å². The molecule has 0 aliphatic rings. The number of rotatable bonds is 6. The van der Waals surface area contributed by atoms with E-state index in [2.05, 4.69) is 11.4 Å². The molecule has 22 heavy (non-hydrogen) atoms. The van der Waals surface area contributed by atoms with Crippen LogP contribution in [0.1, 0.15) is 23.1 Å². The van der Waals surface area contributed by atoms with Gasteiger partial charge in [0.05, 0.1) is 13.0 Å². The summed E-state index contributed by atoms with van der Waals surface area (Å²) < 4.78 is 5.65. The first kappa shape index (κ1) is 16.4. The van der Waals surface area contributed by atoms with E-state index in [4.69, 9.17) is 16.3 Å². The molecule has 0 heterocycles. The fraction of sp³-hybridized carbons (Fsp3) is 0.278. The van der Waals surface area contributed by atoms with Crippen molar-refractivity contribution < 1.29 is 9.53 Å². The zero-order valence-corrected chi connectivity index (χ0v) is 13.6. The van der Waals surface area contributed by atoms with Crippen molar-refractivity contribution in [1.29, 1.82) is 0 Å². The van der Waals surface area contributed by atoms with E-state index in [0.29, 0.717) is 24.6 Å². The highest BCUT2D eigenvalue weighted by Crippen LogP contribution is 2.18. The van der Waals surface area contributed by atoms with E-state index in [1.54, 1.807) is 0 Å². The van der Waals surface area contributed by atoms with Crippen LogP contribution in [0.5, 0.6) is 5.75 Å². The van der Waals surface area contributed by atoms with Crippen LogP contribution in [-0.2, 0) is 11.3 Å². The van der Waals surface area contributed by atoms with Gasteiger partial charge in [0.2, 0.25) is 5.91 Å². The minimum atomic E-state index is -0.0512. The SMILES string of the molecule is Cc1ccc(OCCC(=O)NCc2ccccc2Cl)c(C)c1. The second kappa shape index (κ2) is 7.85. The molecule has 0 aromatic heterocycles. The van der Waals surface area contributed by atoms with E-state index in [9.17, 15) is 4.79 Å². The average Bonchev–Trinajstić information content (AvgIpc) is 2.49. The number of ether oxygens (including phenoxy) is 1. The third-order valence-corrected chi connectivity index (χ3v) is 3.72. The lowest BCUT2D eigenvalue weighted by Gasteiger charge is -2.10. The van der Waals surface area contributed by atoms with Crippen LogP contribution in [0.15, 0.2) is 42.5 Å². The lowest BCUT2D eigenvalue weighted by molar-refractivity contribution is -0.121. The van der Waals surface area contributed by atoms with Crippen LogP contribution in [0.3, 0.4) is 0 Å². The molecule has 0 radical (unpaired) electrons. The van der Waals surface area contributed by atoms with Gasteiger partial charge in [0.15, 0.2) is 0 Å². The maximum atomic E-state index is 11.8. The topological polar surface area (TPSA) is 38.3 Å². The number of carbonyl (C=O) groups is 1. The monoisotopic (exact) mass is 317 g/mol. The van der Waals surface area contributed by atoms with E-state index in [1.165, 1.54) is 5.56 Å². The summed E-state index contributed by atoms with van der Waals surface area (Å²) in [5, 5.41) is 3.51. The number of hydrogen-bond donors (Lipinski definition) is 1. The van der Waals surface area contributed by atoms with Gasteiger partial charge in [0.1, 0.15) is 5.75 Å². The summed E-state index contributed by atoms with van der Waals surface area (Å²) in [4.78, 5) is 11.8. The fourth-order valence-corrected chi connectivity index (χ4v) is 2.34. The van der Waals surface area contributed by atoms with Crippen molar-refractivity contribution in [2.24, 2.45) is 0 Å². The number of benzene rings is 2. The summed E-state index contributed by atoms with van der Waals surface area (Å²) in [6.07, 6.45) is 0.317. The summed E-state index contributed by atoms with van der Waals surface area (Å²) >= 11 is 6.05. The first-order valence-electron chi connectivity index (χ1n) is 7.26. The number of hydrogen-bond acceptors (Lipinski definition) is 2. The van der Waals surface area contributed by atoms with Gasteiger partial charge >= 0.3 is 0 Å². The van der Waals surface area contributed by atoms with Gasteiger partial charge in [-0.05, 0) is 37.1 Å². The van der Waals surface area contributed by atoms with Crippen molar-refractivity contribution in [3.8, 4) is 5.75 Å². The third kappa shape index (κ3) is 4.78. The van der Waals surface area contributed by atoms with Crippen molar-refractivity contribution in [2.45, 2.75) is 26.8 Å². The van der Waals surface area contributed by atoms with Crippen molar-refractivity contribution in [1.82, 2.24) is 5.32 Å². The molecule has 116 valence electrons. The molecule has 4 heteroatoms. The second-order valence-corrected chi connectivity index (χ2v) is 5.64. The normalized spacial score (nSPS) is 10.3. The van der Waals surface area contributed by atoms with Crippen LogP contribution >= 0.6 is 11.6 Å². The molecule has 1 amide bonds. The van der Waals surface area contributed by atoms with Gasteiger partial charge in [-0.1, -0.05) is 47.5 Å². The standard InChI is InChI=1S/C18H20ClNO2/c1-13-7-8-17(14(2)11-13)22-10-9-18(21)20-12-15-5-3-4-6-16(15)19/h3-8,11H,9-10,12H2,1-2H3,(H,20,21). The van der Waals surface area contributed by atoms with Crippen LogP contribution in [0.2, 0.25) is 5.02 Å². The van der Waals surface area contributed by atoms with Crippen LogP contribution in [0, 0.1) is 13.8 Å². The van der Waals surface area contributed by atoms with E-state index < -0.39 is 0 Å². The Labute approximate surface area is 136 Å². The number of nitrogens with one attached hydrogen (secondary N) is 1. The zero-order chi connectivity index (χ0) is 15.9. The van der Waals surface area contributed by atoms with Gasteiger partial charge in [-0.25, -0.2) is 0 Å². The summed E-state index contributed by atoms with van der Waals surface area (Å²) in [5.41, 5.74) is 3.19. The molecule has 0 atom stereocenters. The molecule has 0 saturated carbocycles. The Hall–Kier alpha value is -2.00. The van der Waals surface area contributed by atoms with Gasteiger partial charge in [0, 0.05) is 11.6 Å². The van der Waals surface area contributed by atoms with Gasteiger partial charge in [0.25, 0.3) is 0 Å². The largest absolute Gasteiger partial charge is 0.493 e. The summed E-state index contributed by atoms with van der Waals surface area (Å²) in [6, 6.07) is 13.5. The molecule has 0 aliphatic carbocycles. The van der Waals surface area contributed by atoms with Crippen LogP contribution in [-0.4, -0.2) is 12.5 Å². The molecule has 2 aromatic rings. The minimum absolute atomic E-state index is 0.0512. The Morgan fingerprint density at radius 1 is 1.18 bits per heavy atom. The Morgan fingerprint density at radius 3 is 2.68 bits per heavy atom. The quantitative estimate of drug-likeness (QED) is 0.873. The fourth-order valence-electron chi connectivity index (χ4n) is 2.14. The molecule has 1 N–H and O–H groups in total. The van der Waals surface area contributed by atoms with Crippen molar-refractivity contribution in [3.63, 3.8) is 0 Å². The van der Waals surface area contributed by atoms with E-state index in [-0.39, 0.29) is 5.91 Å². The van der Waals surface area contributed by atoms with E-state index in [0.717, 1.165) is 16.9 Å². The molecular weight excluding hydrogens is 298 g/mol. The number of amides is 1. The molecule has 0 bridgehead atoms. The van der Waals surface area contributed by atoms with Crippen molar-refractivity contribution >= 4 is 17.5 Å². The van der Waals surface area contributed by atoms with Crippen LogP contribution < -0.4 is 10.1 Å². The van der Waals surface area contributed by atoms with Crippen LogP contribution in [0.4, 0.5) is 0 Å². The summed E-state index contributed by atoms with van der Waals surface area (Å²) in [7, 11) is 0. The number of carbonyl (C=O) groups excluding carboxylic acids is 1. The second-order valence-electron chi connectivity index (χ2n) is 5.24. The first-order chi connectivity index (χ1) is 10.6. The predicted molar refractivity (Wildman–Crippen MR) is 89.3 cm³/mol. The minimum Gasteiger partial charge on any atom is -0.493 e. The lowest BCUT2D eigenvalue weighted by Crippen LogP contribution is -2.24. The molecular formula is C18H20ClNO2. The van der Waals surface area contributed by atoms with Crippen LogP contribution in [0.25, 0.3) is 0 Å². The molecule has 0 spiro atoms. The summed E-state index contributed by atoms with van der Waals surface area (Å²) in [5.74, 6) is 0.772. The van der Waals surface area contributed by atoms with Crippen molar-refractivity contribution in [3.05, 3.63) is 64.2 Å². The lowest BCUT2D eigenvalue weighted by atomic mass is 10.1. The Bertz CT molecular complexity index is 655. The number of halogens is 1. The molecule has 2 aromatic carbocycles. The van der Waals surface area contributed by atoms with E-state index in [1.807, 2.05) is 50.2 Å². The highest BCUT2D eigenvalue weighted by atomic mass is 35.5. The van der Waals surface area contributed by atoms with Crippen molar-refractivity contribution in [2.75, 3.05) is 6.61 Å². The third-order valence-electron chi connectivity index (χ3n) is 3.35. The Balaban J connectivity index is 1.75. The highest BCUT2D eigenvalue weighted by Gasteiger charge is 2.05. The molecule has 3 nitrogen and oxygen atoms in total. The number of aryl methyl sites for hydroxylation is 2. The average molecular weight is 318 g/mol. The van der Waals surface area contributed by atoms with Gasteiger partial charge in [-0.3, -0.25) is 4.79 Å². The molecule has 0 unspecified atom stereocenters. The molecule has 0 fully saturated rings. The van der Waals surface area contributed by atoms with Gasteiger partial charge in [-0.2, -0.15) is 0 Å². The molecule has 0 aliphatic heterocycles. The van der Waals surface area contributed by atoms with Gasteiger partial charge < -0.3 is 10.1 Å². The Kier molecular flexibility index (Phi) is 5.84. The smallest absolute Gasteiger partial charge is 0.223 e.